The number of aliphatic carboxylic acids is 1. The molecular weight excluding hydrogens is 266 g/mol. The van der Waals surface area contributed by atoms with Gasteiger partial charge >= 0.3 is 5.97 Å². The number of hydrogen-bond acceptors (Lipinski definition) is 3. The Labute approximate surface area is 117 Å². The van der Waals surface area contributed by atoms with E-state index in [4.69, 9.17) is 16.3 Å². The smallest absolute Gasteiger partial charge is 0.325 e. The molecule has 2 N–H and O–H groups in total. The first kappa shape index (κ1) is 14.3. The zero-order valence-electron chi connectivity index (χ0n) is 10.9. The van der Waals surface area contributed by atoms with E-state index in [1.165, 1.54) is 0 Å². The van der Waals surface area contributed by atoms with E-state index in [9.17, 15) is 9.90 Å². The van der Waals surface area contributed by atoms with E-state index < -0.39 is 12.0 Å². The lowest BCUT2D eigenvalue weighted by Crippen LogP contribution is -2.34. The van der Waals surface area contributed by atoms with Crippen LogP contribution in [0.15, 0.2) is 18.2 Å². The van der Waals surface area contributed by atoms with Gasteiger partial charge in [-0.3, -0.25) is 10.1 Å². The van der Waals surface area contributed by atoms with Crippen molar-refractivity contribution in [3.05, 3.63) is 34.3 Å². The maximum absolute atomic E-state index is 11.4. The van der Waals surface area contributed by atoms with Crippen LogP contribution in [0.4, 0.5) is 0 Å². The standard InChI is InChI=1S/C14H18ClNO3/c1-9-4-5-10(7-12(9)15)13(14(17)18)16-8-11-3-2-6-19-11/h4-5,7,11,13,16H,2-3,6,8H2,1H3,(H,17,18). The summed E-state index contributed by atoms with van der Waals surface area (Å²) in [6.45, 7) is 3.20. The molecule has 0 saturated carbocycles. The van der Waals surface area contributed by atoms with Crippen LogP contribution in [0, 0.1) is 6.92 Å². The molecule has 0 bridgehead atoms. The summed E-state index contributed by atoms with van der Waals surface area (Å²) in [6.07, 6.45) is 2.14. The Kier molecular flexibility index (Phi) is 4.80. The molecule has 0 aliphatic carbocycles. The molecule has 1 aromatic rings. The molecule has 2 unspecified atom stereocenters. The molecule has 0 amide bonds. The number of halogens is 1. The molecule has 1 aliphatic rings. The molecule has 1 aliphatic heterocycles. The van der Waals surface area contributed by atoms with Gasteiger partial charge in [-0.2, -0.15) is 0 Å². The molecule has 1 fully saturated rings. The highest BCUT2D eigenvalue weighted by Gasteiger charge is 2.23. The van der Waals surface area contributed by atoms with Crippen LogP contribution in [0.1, 0.15) is 30.0 Å². The van der Waals surface area contributed by atoms with Gasteiger partial charge in [0.2, 0.25) is 0 Å². The summed E-state index contributed by atoms with van der Waals surface area (Å²) >= 11 is 6.04. The van der Waals surface area contributed by atoms with Gasteiger partial charge in [-0.05, 0) is 37.0 Å². The number of nitrogens with one attached hydrogen (secondary N) is 1. The van der Waals surface area contributed by atoms with Gasteiger partial charge in [-0.15, -0.1) is 0 Å². The Morgan fingerprint density at radius 2 is 2.42 bits per heavy atom. The zero-order chi connectivity index (χ0) is 13.8. The maximum Gasteiger partial charge on any atom is 0.325 e. The van der Waals surface area contributed by atoms with Crippen LogP contribution in [0.5, 0.6) is 0 Å². The summed E-state index contributed by atoms with van der Waals surface area (Å²) in [7, 11) is 0. The van der Waals surface area contributed by atoms with Crippen LogP contribution in [0.3, 0.4) is 0 Å². The molecule has 5 heteroatoms. The Hall–Kier alpha value is -1.10. The van der Waals surface area contributed by atoms with Crippen LogP contribution < -0.4 is 5.32 Å². The van der Waals surface area contributed by atoms with Gasteiger partial charge in [0.25, 0.3) is 0 Å². The van der Waals surface area contributed by atoms with Gasteiger partial charge in [0, 0.05) is 18.2 Å². The normalized spacial score (nSPS) is 20.4. The van der Waals surface area contributed by atoms with E-state index in [2.05, 4.69) is 5.32 Å². The van der Waals surface area contributed by atoms with Crippen molar-refractivity contribution in [2.24, 2.45) is 0 Å². The number of benzene rings is 1. The van der Waals surface area contributed by atoms with Crippen molar-refractivity contribution in [2.75, 3.05) is 13.2 Å². The SMILES string of the molecule is Cc1ccc(C(NCC2CCCO2)C(=O)O)cc1Cl. The van der Waals surface area contributed by atoms with Crippen molar-refractivity contribution in [1.29, 1.82) is 0 Å². The zero-order valence-corrected chi connectivity index (χ0v) is 11.6. The molecule has 1 heterocycles. The lowest BCUT2D eigenvalue weighted by Gasteiger charge is -2.18. The van der Waals surface area contributed by atoms with Crippen LogP contribution >= 0.6 is 11.6 Å². The molecular formula is C14H18ClNO3. The summed E-state index contributed by atoms with van der Waals surface area (Å²) in [5, 5.41) is 12.9. The molecule has 19 heavy (non-hydrogen) atoms. The number of rotatable bonds is 5. The highest BCUT2D eigenvalue weighted by Crippen LogP contribution is 2.22. The van der Waals surface area contributed by atoms with Crippen molar-refractivity contribution in [2.45, 2.75) is 31.9 Å². The molecule has 1 saturated heterocycles. The Bertz CT molecular complexity index is 458. The number of hydrogen-bond donors (Lipinski definition) is 2. The van der Waals surface area contributed by atoms with Crippen LogP contribution in [-0.2, 0) is 9.53 Å². The minimum Gasteiger partial charge on any atom is -0.480 e. The molecule has 2 rings (SSSR count). The van der Waals surface area contributed by atoms with Crippen LogP contribution in [0.25, 0.3) is 0 Å². The van der Waals surface area contributed by atoms with Crippen molar-refractivity contribution in [1.82, 2.24) is 5.32 Å². The first-order valence-electron chi connectivity index (χ1n) is 6.42. The van der Waals surface area contributed by atoms with Gasteiger partial charge in [0.05, 0.1) is 6.10 Å². The van der Waals surface area contributed by atoms with Crippen molar-refractivity contribution >= 4 is 17.6 Å². The van der Waals surface area contributed by atoms with E-state index in [0.717, 1.165) is 25.0 Å². The fraction of sp³-hybridized carbons (Fsp3) is 0.500. The molecule has 0 aromatic heterocycles. The summed E-state index contributed by atoms with van der Waals surface area (Å²) in [4.78, 5) is 11.4. The molecule has 0 radical (unpaired) electrons. The van der Waals surface area contributed by atoms with Gasteiger partial charge in [-0.25, -0.2) is 0 Å². The average Bonchev–Trinajstić information content (AvgIpc) is 2.86. The van der Waals surface area contributed by atoms with Gasteiger partial charge < -0.3 is 9.84 Å². The average molecular weight is 284 g/mol. The number of carboxylic acids is 1. The van der Waals surface area contributed by atoms with E-state index in [-0.39, 0.29) is 6.10 Å². The molecule has 104 valence electrons. The van der Waals surface area contributed by atoms with E-state index in [1.807, 2.05) is 13.0 Å². The highest BCUT2D eigenvalue weighted by atomic mass is 35.5. The van der Waals surface area contributed by atoms with E-state index >= 15 is 0 Å². The minimum atomic E-state index is -0.905. The molecule has 4 nitrogen and oxygen atoms in total. The first-order chi connectivity index (χ1) is 9.08. The summed E-state index contributed by atoms with van der Waals surface area (Å²) in [5.74, 6) is -0.905. The predicted molar refractivity (Wildman–Crippen MR) is 73.5 cm³/mol. The number of aryl methyl sites for hydroxylation is 1. The monoisotopic (exact) mass is 283 g/mol. The number of ether oxygens (including phenoxy) is 1. The third-order valence-electron chi connectivity index (χ3n) is 3.35. The highest BCUT2D eigenvalue weighted by molar-refractivity contribution is 6.31. The Morgan fingerprint density at radius 3 is 3.00 bits per heavy atom. The summed E-state index contributed by atoms with van der Waals surface area (Å²) in [5.41, 5.74) is 1.61. The first-order valence-corrected chi connectivity index (χ1v) is 6.79. The maximum atomic E-state index is 11.4. The minimum absolute atomic E-state index is 0.114. The lowest BCUT2D eigenvalue weighted by atomic mass is 10.0. The predicted octanol–water partition coefficient (Wildman–Crippen LogP) is 2.54. The Morgan fingerprint density at radius 1 is 1.63 bits per heavy atom. The fourth-order valence-electron chi connectivity index (χ4n) is 2.19. The van der Waals surface area contributed by atoms with Crippen molar-refractivity contribution in [3.63, 3.8) is 0 Å². The summed E-state index contributed by atoms with van der Waals surface area (Å²) in [6, 6.07) is 4.59. The molecule has 1 aromatic carbocycles. The fourth-order valence-corrected chi connectivity index (χ4v) is 2.38. The second-order valence-corrected chi connectivity index (χ2v) is 5.23. The van der Waals surface area contributed by atoms with Crippen LogP contribution in [-0.4, -0.2) is 30.3 Å². The van der Waals surface area contributed by atoms with Gasteiger partial charge in [0.1, 0.15) is 6.04 Å². The molecule has 0 spiro atoms. The second-order valence-electron chi connectivity index (χ2n) is 4.82. The lowest BCUT2D eigenvalue weighted by molar-refractivity contribution is -0.139. The second kappa shape index (κ2) is 6.37. The third-order valence-corrected chi connectivity index (χ3v) is 3.76. The Balaban J connectivity index is 2.05. The third kappa shape index (κ3) is 3.69. The number of carboxylic acid groups (broad SMARTS) is 1. The van der Waals surface area contributed by atoms with Gasteiger partial charge in [-0.1, -0.05) is 23.7 Å². The largest absolute Gasteiger partial charge is 0.480 e. The summed E-state index contributed by atoms with van der Waals surface area (Å²) < 4.78 is 5.48. The van der Waals surface area contributed by atoms with E-state index in [1.54, 1.807) is 12.1 Å². The van der Waals surface area contributed by atoms with Gasteiger partial charge in [0.15, 0.2) is 0 Å². The molecule has 2 atom stereocenters. The number of carbonyl (C=O) groups is 1. The quantitative estimate of drug-likeness (QED) is 0.872. The van der Waals surface area contributed by atoms with Crippen molar-refractivity contribution < 1.29 is 14.6 Å². The topological polar surface area (TPSA) is 58.6 Å². The van der Waals surface area contributed by atoms with E-state index in [0.29, 0.717) is 17.1 Å². The van der Waals surface area contributed by atoms with Crippen molar-refractivity contribution in [3.8, 4) is 0 Å². The van der Waals surface area contributed by atoms with Crippen LogP contribution in [0.2, 0.25) is 5.02 Å².